The molecule has 2 aromatic carbocycles. The molecule has 1 aromatic heterocycles. The van der Waals surface area contributed by atoms with E-state index in [0.29, 0.717) is 18.7 Å². The highest BCUT2D eigenvalue weighted by molar-refractivity contribution is 5.93. The summed E-state index contributed by atoms with van der Waals surface area (Å²) >= 11 is 0. The van der Waals surface area contributed by atoms with E-state index in [0.717, 1.165) is 42.2 Å². The summed E-state index contributed by atoms with van der Waals surface area (Å²) in [5, 5.41) is 2.73. The van der Waals surface area contributed by atoms with Crippen molar-refractivity contribution < 1.29 is 18.0 Å². The van der Waals surface area contributed by atoms with Gasteiger partial charge in [0.1, 0.15) is 12.1 Å². The molecule has 1 saturated heterocycles. The highest BCUT2D eigenvalue weighted by atomic mass is 19.4. The molecule has 2 heterocycles. The number of rotatable bonds is 4. The van der Waals surface area contributed by atoms with Crippen LogP contribution in [0.4, 0.5) is 24.7 Å². The Labute approximate surface area is 178 Å². The summed E-state index contributed by atoms with van der Waals surface area (Å²) in [6.07, 6.45) is -1.36. The quantitative estimate of drug-likeness (QED) is 0.637. The number of amides is 1. The Morgan fingerprint density at radius 3 is 2.48 bits per heavy atom. The standard InChI is InChI=1S/C23H21F3N4O/c24-23(25,26)18-8-10-19(11-9-18)29-22(31)17-7-4-12-30(14-17)21-13-20(27-15-28-21)16-5-2-1-3-6-16/h1-3,5-6,8-11,13,15,17H,4,7,12,14H2,(H,29,31). The number of hydrogen-bond acceptors (Lipinski definition) is 4. The molecule has 1 fully saturated rings. The van der Waals surface area contributed by atoms with E-state index in [1.54, 1.807) is 0 Å². The Hall–Kier alpha value is -3.42. The number of alkyl halides is 3. The number of halogens is 3. The van der Waals surface area contributed by atoms with Gasteiger partial charge in [0.25, 0.3) is 0 Å². The molecule has 4 rings (SSSR count). The number of carbonyl (C=O) groups is 1. The van der Waals surface area contributed by atoms with Crippen LogP contribution >= 0.6 is 0 Å². The molecule has 0 aliphatic carbocycles. The number of nitrogens with zero attached hydrogens (tertiary/aromatic N) is 3. The number of piperidine rings is 1. The van der Waals surface area contributed by atoms with Crippen molar-refractivity contribution >= 4 is 17.4 Å². The molecule has 160 valence electrons. The van der Waals surface area contributed by atoms with Crippen molar-refractivity contribution in [2.45, 2.75) is 19.0 Å². The van der Waals surface area contributed by atoms with Gasteiger partial charge >= 0.3 is 6.18 Å². The molecular formula is C23H21F3N4O. The van der Waals surface area contributed by atoms with Crippen LogP contribution < -0.4 is 10.2 Å². The largest absolute Gasteiger partial charge is 0.416 e. The lowest BCUT2D eigenvalue weighted by atomic mass is 9.97. The van der Waals surface area contributed by atoms with E-state index in [-0.39, 0.29) is 11.8 Å². The van der Waals surface area contributed by atoms with Gasteiger partial charge in [0, 0.05) is 30.4 Å². The highest BCUT2D eigenvalue weighted by Gasteiger charge is 2.30. The van der Waals surface area contributed by atoms with Crippen LogP contribution in [0.1, 0.15) is 18.4 Å². The Morgan fingerprint density at radius 2 is 1.77 bits per heavy atom. The monoisotopic (exact) mass is 426 g/mol. The lowest BCUT2D eigenvalue weighted by Gasteiger charge is -2.33. The van der Waals surface area contributed by atoms with Gasteiger partial charge in [-0.05, 0) is 37.1 Å². The molecular weight excluding hydrogens is 405 g/mol. The number of aromatic nitrogens is 2. The highest BCUT2D eigenvalue weighted by Crippen LogP contribution is 2.30. The van der Waals surface area contributed by atoms with Crippen LogP contribution in [-0.2, 0) is 11.0 Å². The Kier molecular flexibility index (Phi) is 5.88. The maximum absolute atomic E-state index is 12.7. The fourth-order valence-electron chi connectivity index (χ4n) is 3.67. The summed E-state index contributed by atoms with van der Waals surface area (Å²) < 4.78 is 38.1. The van der Waals surface area contributed by atoms with Gasteiger partial charge in [-0.1, -0.05) is 30.3 Å². The van der Waals surface area contributed by atoms with Crippen molar-refractivity contribution in [3.63, 3.8) is 0 Å². The second-order valence-corrected chi connectivity index (χ2v) is 7.48. The Morgan fingerprint density at radius 1 is 1.03 bits per heavy atom. The minimum atomic E-state index is -4.40. The molecule has 0 radical (unpaired) electrons. The third kappa shape index (κ3) is 5.02. The lowest BCUT2D eigenvalue weighted by Crippen LogP contribution is -2.41. The number of benzene rings is 2. The molecule has 1 N–H and O–H groups in total. The summed E-state index contributed by atoms with van der Waals surface area (Å²) in [6, 6.07) is 16.2. The SMILES string of the molecule is O=C(Nc1ccc(C(F)(F)F)cc1)C1CCCN(c2cc(-c3ccccc3)ncn2)C1. The van der Waals surface area contributed by atoms with E-state index in [2.05, 4.69) is 20.2 Å². The van der Waals surface area contributed by atoms with Gasteiger partial charge in [-0.3, -0.25) is 4.79 Å². The third-order valence-electron chi connectivity index (χ3n) is 5.32. The second kappa shape index (κ2) is 8.75. The molecule has 1 atom stereocenters. The second-order valence-electron chi connectivity index (χ2n) is 7.48. The zero-order valence-corrected chi connectivity index (χ0v) is 16.6. The molecule has 1 aliphatic rings. The van der Waals surface area contributed by atoms with Gasteiger partial charge in [0.05, 0.1) is 17.2 Å². The molecule has 8 heteroatoms. The van der Waals surface area contributed by atoms with E-state index in [1.165, 1.54) is 18.5 Å². The van der Waals surface area contributed by atoms with E-state index < -0.39 is 11.7 Å². The van der Waals surface area contributed by atoms with Crippen molar-refractivity contribution in [1.82, 2.24) is 9.97 Å². The van der Waals surface area contributed by atoms with E-state index >= 15 is 0 Å². The molecule has 0 bridgehead atoms. The van der Waals surface area contributed by atoms with Crippen LogP contribution in [0.5, 0.6) is 0 Å². The molecule has 0 spiro atoms. The van der Waals surface area contributed by atoms with Crippen molar-refractivity contribution in [2.24, 2.45) is 5.92 Å². The molecule has 0 saturated carbocycles. The van der Waals surface area contributed by atoms with Gasteiger partial charge in [0.15, 0.2) is 0 Å². The first kappa shape index (κ1) is 20.8. The first-order chi connectivity index (χ1) is 14.9. The predicted octanol–water partition coefficient (Wildman–Crippen LogP) is 5.02. The smallest absolute Gasteiger partial charge is 0.356 e. The summed E-state index contributed by atoms with van der Waals surface area (Å²) in [4.78, 5) is 23.5. The summed E-state index contributed by atoms with van der Waals surface area (Å²) in [5.41, 5.74) is 1.40. The molecule has 1 unspecified atom stereocenters. The minimum absolute atomic E-state index is 0.207. The van der Waals surface area contributed by atoms with Crippen LogP contribution in [0, 0.1) is 5.92 Å². The predicted molar refractivity (Wildman–Crippen MR) is 112 cm³/mol. The van der Waals surface area contributed by atoms with Gasteiger partial charge in [-0.25, -0.2) is 9.97 Å². The van der Waals surface area contributed by atoms with Gasteiger partial charge in [0.2, 0.25) is 5.91 Å². The summed E-state index contributed by atoms with van der Waals surface area (Å²) in [5.74, 6) is 0.258. The Bertz CT molecular complexity index is 1040. The molecule has 5 nitrogen and oxygen atoms in total. The third-order valence-corrected chi connectivity index (χ3v) is 5.32. The Balaban J connectivity index is 1.43. The van der Waals surface area contributed by atoms with Crippen molar-refractivity contribution in [3.05, 3.63) is 72.6 Å². The van der Waals surface area contributed by atoms with Crippen LogP contribution in [0.3, 0.4) is 0 Å². The number of carbonyl (C=O) groups excluding carboxylic acids is 1. The van der Waals surface area contributed by atoms with E-state index in [1.807, 2.05) is 36.4 Å². The molecule has 3 aromatic rings. The number of anilines is 2. The zero-order valence-electron chi connectivity index (χ0n) is 16.6. The maximum Gasteiger partial charge on any atom is 0.416 e. The van der Waals surface area contributed by atoms with Crippen molar-refractivity contribution in [2.75, 3.05) is 23.3 Å². The fraction of sp³-hybridized carbons (Fsp3) is 0.261. The first-order valence-corrected chi connectivity index (χ1v) is 10.0. The van der Waals surface area contributed by atoms with Gasteiger partial charge in [-0.2, -0.15) is 13.2 Å². The summed E-state index contributed by atoms with van der Waals surface area (Å²) in [6.45, 7) is 1.26. The fourth-order valence-corrected chi connectivity index (χ4v) is 3.67. The van der Waals surface area contributed by atoms with E-state index in [4.69, 9.17) is 0 Å². The topological polar surface area (TPSA) is 58.1 Å². The number of nitrogens with one attached hydrogen (secondary N) is 1. The van der Waals surface area contributed by atoms with Crippen LogP contribution in [0.15, 0.2) is 67.0 Å². The maximum atomic E-state index is 12.7. The zero-order chi connectivity index (χ0) is 21.8. The van der Waals surface area contributed by atoms with Crippen molar-refractivity contribution in [3.8, 4) is 11.3 Å². The summed E-state index contributed by atoms with van der Waals surface area (Å²) in [7, 11) is 0. The first-order valence-electron chi connectivity index (χ1n) is 10.0. The molecule has 1 amide bonds. The van der Waals surface area contributed by atoms with Crippen LogP contribution in [-0.4, -0.2) is 29.0 Å². The van der Waals surface area contributed by atoms with Gasteiger partial charge in [-0.15, -0.1) is 0 Å². The van der Waals surface area contributed by atoms with Crippen LogP contribution in [0.2, 0.25) is 0 Å². The van der Waals surface area contributed by atoms with Crippen LogP contribution in [0.25, 0.3) is 11.3 Å². The average Bonchev–Trinajstić information content (AvgIpc) is 2.79. The van der Waals surface area contributed by atoms with E-state index in [9.17, 15) is 18.0 Å². The lowest BCUT2D eigenvalue weighted by molar-refractivity contribution is -0.137. The van der Waals surface area contributed by atoms with Crippen molar-refractivity contribution in [1.29, 1.82) is 0 Å². The molecule has 1 aliphatic heterocycles. The van der Waals surface area contributed by atoms with Gasteiger partial charge < -0.3 is 10.2 Å². The minimum Gasteiger partial charge on any atom is -0.356 e. The normalized spacial score (nSPS) is 16.7. The number of hydrogen-bond donors (Lipinski definition) is 1. The molecule has 31 heavy (non-hydrogen) atoms. The average molecular weight is 426 g/mol.